The quantitative estimate of drug-likeness (QED) is 0.867. The van der Waals surface area contributed by atoms with Crippen LogP contribution < -0.4 is 10.5 Å². The van der Waals surface area contributed by atoms with Gasteiger partial charge in [0.15, 0.2) is 9.84 Å². The summed E-state index contributed by atoms with van der Waals surface area (Å²) >= 11 is 0. The number of benzene rings is 1. The van der Waals surface area contributed by atoms with Gasteiger partial charge in [-0.15, -0.1) is 0 Å². The summed E-state index contributed by atoms with van der Waals surface area (Å²) < 4.78 is 29.4. The summed E-state index contributed by atoms with van der Waals surface area (Å²) in [6, 6.07) is 6.73. The summed E-state index contributed by atoms with van der Waals surface area (Å²) in [5, 5.41) is 0. The third-order valence-electron chi connectivity index (χ3n) is 3.85. The number of hydrogen-bond donors (Lipinski definition) is 1. The van der Waals surface area contributed by atoms with Gasteiger partial charge in [0.05, 0.1) is 10.6 Å². The first-order valence-corrected chi connectivity index (χ1v) is 8.93. The van der Waals surface area contributed by atoms with Gasteiger partial charge in [-0.2, -0.15) is 0 Å². The second-order valence-electron chi connectivity index (χ2n) is 5.33. The zero-order valence-electron chi connectivity index (χ0n) is 11.9. The molecule has 1 aromatic carbocycles. The van der Waals surface area contributed by atoms with Crippen LogP contribution in [0.1, 0.15) is 39.0 Å². The summed E-state index contributed by atoms with van der Waals surface area (Å²) in [6.45, 7) is 1.64. The van der Waals surface area contributed by atoms with Gasteiger partial charge in [-0.3, -0.25) is 0 Å². The molecule has 20 heavy (non-hydrogen) atoms. The average Bonchev–Trinajstić information content (AvgIpc) is 2.65. The Kier molecular flexibility index (Phi) is 5.05. The molecule has 1 aliphatic carbocycles. The normalized spacial score (nSPS) is 24.1. The van der Waals surface area contributed by atoms with Gasteiger partial charge in [0.1, 0.15) is 11.9 Å². The molecule has 0 aromatic heterocycles. The Morgan fingerprint density at radius 3 is 2.45 bits per heavy atom. The van der Waals surface area contributed by atoms with E-state index in [0.717, 1.165) is 25.7 Å². The number of sulfone groups is 1. The molecule has 0 heterocycles. The van der Waals surface area contributed by atoms with Crippen LogP contribution in [0.15, 0.2) is 29.2 Å². The Morgan fingerprint density at radius 1 is 1.15 bits per heavy atom. The molecular weight excluding hydrogens is 274 g/mol. The lowest BCUT2D eigenvalue weighted by molar-refractivity contribution is 0.162. The van der Waals surface area contributed by atoms with Crippen LogP contribution in [0.4, 0.5) is 0 Å². The van der Waals surface area contributed by atoms with Crippen LogP contribution in [-0.2, 0) is 9.84 Å². The van der Waals surface area contributed by atoms with Crippen LogP contribution in [0.2, 0.25) is 0 Å². The number of ether oxygens (including phenoxy) is 1. The minimum atomic E-state index is -3.14. The summed E-state index contributed by atoms with van der Waals surface area (Å²) in [4.78, 5) is 0.345. The van der Waals surface area contributed by atoms with Crippen molar-refractivity contribution in [2.45, 2.75) is 56.1 Å². The topological polar surface area (TPSA) is 69.4 Å². The van der Waals surface area contributed by atoms with E-state index in [1.807, 2.05) is 0 Å². The Hall–Kier alpha value is -1.07. The van der Waals surface area contributed by atoms with Crippen LogP contribution >= 0.6 is 0 Å². The maximum absolute atomic E-state index is 11.7. The molecule has 4 nitrogen and oxygen atoms in total. The summed E-state index contributed by atoms with van der Waals surface area (Å²) in [5.74, 6) is 0.808. The maximum Gasteiger partial charge on any atom is 0.178 e. The van der Waals surface area contributed by atoms with Crippen molar-refractivity contribution < 1.29 is 13.2 Å². The fraction of sp³-hybridized carbons (Fsp3) is 0.600. The van der Waals surface area contributed by atoms with E-state index in [1.54, 1.807) is 31.2 Å². The highest BCUT2D eigenvalue weighted by Gasteiger charge is 2.22. The molecular formula is C15H23NO3S. The van der Waals surface area contributed by atoms with Gasteiger partial charge in [-0.05, 0) is 43.5 Å². The van der Waals surface area contributed by atoms with E-state index in [2.05, 4.69) is 0 Å². The molecule has 0 radical (unpaired) electrons. The Morgan fingerprint density at radius 2 is 1.80 bits per heavy atom. The molecule has 2 unspecified atom stereocenters. The van der Waals surface area contributed by atoms with Crippen molar-refractivity contribution >= 4 is 9.84 Å². The molecule has 2 N–H and O–H groups in total. The van der Waals surface area contributed by atoms with Crippen molar-refractivity contribution in [2.75, 3.05) is 5.75 Å². The van der Waals surface area contributed by atoms with E-state index >= 15 is 0 Å². The zero-order chi connectivity index (χ0) is 14.6. The lowest BCUT2D eigenvalue weighted by atomic mass is 10.1. The van der Waals surface area contributed by atoms with Crippen molar-refractivity contribution in [1.82, 2.24) is 0 Å². The molecule has 1 fully saturated rings. The van der Waals surface area contributed by atoms with E-state index in [4.69, 9.17) is 10.5 Å². The van der Waals surface area contributed by atoms with Crippen molar-refractivity contribution in [2.24, 2.45) is 5.73 Å². The Balaban J connectivity index is 2.07. The van der Waals surface area contributed by atoms with Gasteiger partial charge in [0, 0.05) is 6.04 Å². The molecule has 1 saturated carbocycles. The first kappa shape index (κ1) is 15.3. The van der Waals surface area contributed by atoms with E-state index in [1.165, 1.54) is 6.42 Å². The number of hydrogen-bond acceptors (Lipinski definition) is 4. The molecule has 0 saturated heterocycles. The molecule has 0 bridgehead atoms. The molecule has 0 aliphatic heterocycles. The van der Waals surface area contributed by atoms with Gasteiger partial charge in [0.2, 0.25) is 0 Å². The fourth-order valence-electron chi connectivity index (χ4n) is 2.52. The van der Waals surface area contributed by atoms with Crippen molar-refractivity contribution in [1.29, 1.82) is 0 Å². The van der Waals surface area contributed by atoms with Gasteiger partial charge < -0.3 is 10.5 Å². The number of nitrogens with two attached hydrogens (primary N) is 1. The molecule has 0 amide bonds. The van der Waals surface area contributed by atoms with Gasteiger partial charge >= 0.3 is 0 Å². The molecule has 5 heteroatoms. The summed E-state index contributed by atoms with van der Waals surface area (Å²) in [6.07, 6.45) is 5.51. The second-order valence-corrected chi connectivity index (χ2v) is 7.61. The van der Waals surface area contributed by atoms with Crippen molar-refractivity contribution in [3.63, 3.8) is 0 Å². The van der Waals surface area contributed by atoms with Gasteiger partial charge in [-0.1, -0.05) is 19.8 Å². The number of rotatable bonds is 4. The third-order valence-corrected chi connectivity index (χ3v) is 5.60. The van der Waals surface area contributed by atoms with Crippen LogP contribution in [0.3, 0.4) is 0 Å². The third kappa shape index (κ3) is 3.73. The first-order valence-electron chi connectivity index (χ1n) is 7.28. The van der Waals surface area contributed by atoms with E-state index in [-0.39, 0.29) is 17.9 Å². The first-order chi connectivity index (χ1) is 9.53. The van der Waals surface area contributed by atoms with Crippen LogP contribution in [0, 0.1) is 0 Å². The van der Waals surface area contributed by atoms with Crippen LogP contribution in [-0.4, -0.2) is 26.3 Å². The highest BCUT2D eigenvalue weighted by Crippen LogP contribution is 2.23. The van der Waals surface area contributed by atoms with Gasteiger partial charge in [-0.25, -0.2) is 8.42 Å². The predicted octanol–water partition coefficient (Wildman–Crippen LogP) is 2.52. The monoisotopic (exact) mass is 297 g/mol. The zero-order valence-corrected chi connectivity index (χ0v) is 12.7. The average molecular weight is 297 g/mol. The van der Waals surface area contributed by atoms with E-state index < -0.39 is 9.84 Å². The van der Waals surface area contributed by atoms with E-state index in [0.29, 0.717) is 10.6 Å². The molecule has 0 spiro atoms. The summed E-state index contributed by atoms with van der Waals surface area (Å²) in [5.41, 5.74) is 6.13. The highest BCUT2D eigenvalue weighted by molar-refractivity contribution is 7.91. The van der Waals surface area contributed by atoms with Crippen LogP contribution in [0.25, 0.3) is 0 Å². The lowest BCUT2D eigenvalue weighted by Gasteiger charge is -2.23. The highest BCUT2D eigenvalue weighted by atomic mass is 32.2. The largest absolute Gasteiger partial charge is 0.489 e. The fourth-order valence-corrected chi connectivity index (χ4v) is 3.40. The molecule has 2 atom stereocenters. The molecule has 112 valence electrons. The maximum atomic E-state index is 11.7. The standard InChI is InChI=1S/C15H23NO3S/c1-2-20(17,18)13-10-8-12(9-11-13)19-15-7-5-3-4-6-14(15)16/h8-11,14-15H,2-7,16H2,1H3. The Bertz CT molecular complexity index is 525. The van der Waals surface area contributed by atoms with Gasteiger partial charge in [0.25, 0.3) is 0 Å². The second kappa shape index (κ2) is 6.59. The lowest BCUT2D eigenvalue weighted by Crippen LogP contribution is -2.37. The molecule has 2 rings (SSSR count). The van der Waals surface area contributed by atoms with Crippen LogP contribution in [0.5, 0.6) is 5.75 Å². The van der Waals surface area contributed by atoms with Crippen molar-refractivity contribution in [3.8, 4) is 5.75 Å². The smallest absolute Gasteiger partial charge is 0.178 e. The summed E-state index contributed by atoms with van der Waals surface area (Å²) in [7, 11) is -3.14. The SMILES string of the molecule is CCS(=O)(=O)c1ccc(OC2CCCCCC2N)cc1. The predicted molar refractivity (Wildman–Crippen MR) is 79.6 cm³/mol. The molecule has 1 aliphatic rings. The molecule has 1 aromatic rings. The van der Waals surface area contributed by atoms with E-state index in [9.17, 15) is 8.42 Å². The minimum Gasteiger partial charge on any atom is -0.489 e. The Labute approximate surface area is 121 Å². The van der Waals surface area contributed by atoms with Crippen molar-refractivity contribution in [3.05, 3.63) is 24.3 Å². The minimum absolute atomic E-state index is 0.0335.